The van der Waals surface area contributed by atoms with E-state index in [1.165, 1.54) is 0 Å². The number of nitrogens with zero attached hydrogens (tertiary/aromatic N) is 1. The molecule has 0 aliphatic rings. The summed E-state index contributed by atoms with van der Waals surface area (Å²) in [4.78, 5) is 4.54. The van der Waals surface area contributed by atoms with Crippen LogP contribution in [0.3, 0.4) is 0 Å². The molecule has 1 aromatic rings. The van der Waals surface area contributed by atoms with Crippen molar-refractivity contribution in [2.75, 3.05) is 0 Å². The Balaban J connectivity index is 2.77. The van der Waals surface area contributed by atoms with Gasteiger partial charge >= 0.3 is 0 Å². The largest absolute Gasteiger partial charge is 0.475 e. The topological polar surface area (TPSA) is 22.1 Å². The molecule has 0 amide bonds. The second-order valence-electron chi connectivity index (χ2n) is 5.25. The highest BCUT2D eigenvalue weighted by Crippen LogP contribution is 2.18. The van der Waals surface area contributed by atoms with Gasteiger partial charge in [0.2, 0.25) is 5.88 Å². The Labute approximate surface area is 116 Å². The van der Waals surface area contributed by atoms with Gasteiger partial charge in [-0.2, -0.15) is 0 Å². The highest BCUT2D eigenvalue weighted by molar-refractivity contribution is 6.17. The fourth-order valence-electron chi connectivity index (χ4n) is 2.06. The fraction of sp³-hybridized carbons (Fsp3) is 0.667. The second-order valence-corrected chi connectivity index (χ2v) is 5.51. The minimum Gasteiger partial charge on any atom is -0.475 e. The molecule has 0 N–H and O–H groups in total. The van der Waals surface area contributed by atoms with Crippen molar-refractivity contribution in [2.24, 2.45) is 5.92 Å². The van der Waals surface area contributed by atoms with Crippen molar-refractivity contribution >= 4 is 11.6 Å². The third kappa shape index (κ3) is 5.26. The van der Waals surface area contributed by atoms with E-state index in [9.17, 15) is 0 Å². The molecule has 1 heterocycles. The molecule has 2 nitrogen and oxygen atoms in total. The van der Waals surface area contributed by atoms with Crippen LogP contribution >= 0.6 is 11.6 Å². The molecule has 0 radical (unpaired) electrons. The zero-order valence-corrected chi connectivity index (χ0v) is 12.6. The summed E-state index contributed by atoms with van der Waals surface area (Å²) in [6.07, 6.45) is 3.28. The van der Waals surface area contributed by atoms with Gasteiger partial charge in [-0.3, -0.25) is 0 Å². The first-order chi connectivity index (χ1) is 8.55. The first-order valence-electron chi connectivity index (χ1n) is 6.77. The highest BCUT2D eigenvalue weighted by Gasteiger charge is 2.09. The summed E-state index contributed by atoms with van der Waals surface area (Å²) in [5.74, 6) is 1.85. The van der Waals surface area contributed by atoms with Crippen LogP contribution in [0.5, 0.6) is 5.88 Å². The molecule has 0 aliphatic heterocycles. The predicted molar refractivity (Wildman–Crippen MR) is 77.3 cm³/mol. The Morgan fingerprint density at radius 3 is 2.56 bits per heavy atom. The van der Waals surface area contributed by atoms with E-state index < -0.39 is 0 Å². The van der Waals surface area contributed by atoms with Crippen molar-refractivity contribution in [3.8, 4) is 5.88 Å². The standard InChI is InChI=1S/C15H24ClNO/c1-5-6-14-8-13(10-16)9-15(17-14)18-12(4)7-11(2)3/h8-9,11-12H,5-7,10H2,1-4H3. The molecule has 0 fully saturated rings. The van der Waals surface area contributed by atoms with E-state index in [-0.39, 0.29) is 6.10 Å². The minimum absolute atomic E-state index is 0.192. The van der Waals surface area contributed by atoms with Gasteiger partial charge in [0, 0.05) is 17.6 Å². The molecule has 1 aromatic heterocycles. The number of ether oxygens (including phenoxy) is 1. The molecule has 18 heavy (non-hydrogen) atoms. The van der Waals surface area contributed by atoms with Crippen LogP contribution in [0, 0.1) is 5.92 Å². The van der Waals surface area contributed by atoms with Gasteiger partial charge in [-0.1, -0.05) is 27.2 Å². The van der Waals surface area contributed by atoms with Gasteiger partial charge in [0.05, 0.1) is 6.10 Å². The van der Waals surface area contributed by atoms with E-state index in [4.69, 9.17) is 16.3 Å². The lowest BCUT2D eigenvalue weighted by Gasteiger charge is -2.17. The highest BCUT2D eigenvalue weighted by atomic mass is 35.5. The van der Waals surface area contributed by atoms with Crippen LogP contribution in [0.2, 0.25) is 0 Å². The van der Waals surface area contributed by atoms with E-state index in [1.54, 1.807) is 0 Å². The zero-order chi connectivity index (χ0) is 13.5. The van der Waals surface area contributed by atoms with E-state index in [2.05, 4.69) is 38.7 Å². The molecule has 0 saturated carbocycles. The van der Waals surface area contributed by atoms with Crippen molar-refractivity contribution in [1.82, 2.24) is 4.98 Å². The lowest BCUT2D eigenvalue weighted by molar-refractivity contribution is 0.185. The zero-order valence-electron chi connectivity index (χ0n) is 11.9. The molecule has 3 heteroatoms. The summed E-state index contributed by atoms with van der Waals surface area (Å²) in [5, 5.41) is 0. The molecule has 0 aliphatic carbocycles. The van der Waals surface area contributed by atoms with E-state index in [1.807, 2.05) is 6.07 Å². The number of pyridine rings is 1. The van der Waals surface area contributed by atoms with Crippen molar-refractivity contribution < 1.29 is 4.74 Å². The van der Waals surface area contributed by atoms with Gasteiger partial charge in [0.15, 0.2) is 0 Å². The summed E-state index contributed by atoms with van der Waals surface area (Å²) in [6.45, 7) is 8.64. The molecule has 0 bridgehead atoms. The summed E-state index contributed by atoms with van der Waals surface area (Å²) in [6, 6.07) is 4.01. The van der Waals surface area contributed by atoms with Crippen LogP contribution < -0.4 is 4.74 Å². The van der Waals surface area contributed by atoms with Crippen LogP contribution in [-0.4, -0.2) is 11.1 Å². The van der Waals surface area contributed by atoms with Crippen LogP contribution in [0.25, 0.3) is 0 Å². The maximum Gasteiger partial charge on any atom is 0.214 e. The number of aryl methyl sites for hydroxylation is 1. The Kier molecular flexibility index (Phi) is 6.48. The van der Waals surface area contributed by atoms with Crippen molar-refractivity contribution in [3.05, 3.63) is 23.4 Å². The predicted octanol–water partition coefficient (Wildman–Crippen LogP) is 4.59. The second kappa shape index (κ2) is 7.63. The number of rotatable bonds is 7. The average Bonchev–Trinajstić information content (AvgIpc) is 2.27. The average molecular weight is 270 g/mol. The number of hydrogen-bond acceptors (Lipinski definition) is 2. The molecule has 0 saturated heterocycles. The molecule has 102 valence electrons. The summed E-state index contributed by atoms with van der Waals surface area (Å²) >= 11 is 5.91. The number of halogens is 1. The van der Waals surface area contributed by atoms with Crippen LogP contribution in [0.1, 0.15) is 51.8 Å². The van der Waals surface area contributed by atoms with Gasteiger partial charge in [-0.25, -0.2) is 4.98 Å². The molecule has 1 unspecified atom stereocenters. The SMILES string of the molecule is CCCc1cc(CCl)cc(OC(C)CC(C)C)n1. The lowest BCUT2D eigenvalue weighted by Crippen LogP contribution is -2.15. The summed E-state index contributed by atoms with van der Waals surface area (Å²) in [5.41, 5.74) is 2.16. The number of alkyl halides is 1. The molecule has 1 rings (SSSR count). The Hall–Kier alpha value is -0.760. The Morgan fingerprint density at radius 1 is 1.28 bits per heavy atom. The van der Waals surface area contributed by atoms with Gasteiger partial charge in [-0.05, 0) is 37.3 Å². The van der Waals surface area contributed by atoms with E-state index in [0.29, 0.717) is 17.7 Å². The van der Waals surface area contributed by atoms with Crippen molar-refractivity contribution in [2.45, 2.75) is 58.9 Å². The van der Waals surface area contributed by atoms with Crippen LogP contribution in [0.4, 0.5) is 0 Å². The van der Waals surface area contributed by atoms with Crippen molar-refractivity contribution in [1.29, 1.82) is 0 Å². The van der Waals surface area contributed by atoms with Gasteiger partial charge in [0.1, 0.15) is 0 Å². The van der Waals surface area contributed by atoms with Gasteiger partial charge in [-0.15, -0.1) is 11.6 Å². The Bertz CT molecular complexity index is 366. The quantitative estimate of drug-likeness (QED) is 0.676. The summed E-state index contributed by atoms with van der Waals surface area (Å²) in [7, 11) is 0. The first kappa shape index (κ1) is 15.3. The molecular formula is C15H24ClNO. The van der Waals surface area contributed by atoms with Crippen molar-refractivity contribution in [3.63, 3.8) is 0 Å². The maximum absolute atomic E-state index is 5.91. The minimum atomic E-state index is 0.192. The lowest BCUT2D eigenvalue weighted by atomic mass is 10.1. The fourth-order valence-corrected chi connectivity index (χ4v) is 2.21. The molecule has 0 aromatic carbocycles. The van der Waals surface area contributed by atoms with Gasteiger partial charge in [0.25, 0.3) is 0 Å². The first-order valence-corrected chi connectivity index (χ1v) is 7.31. The maximum atomic E-state index is 5.91. The third-order valence-electron chi connectivity index (χ3n) is 2.70. The monoisotopic (exact) mass is 269 g/mol. The normalized spacial score (nSPS) is 12.8. The molecule has 0 spiro atoms. The van der Waals surface area contributed by atoms with Gasteiger partial charge < -0.3 is 4.74 Å². The van der Waals surface area contributed by atoms with Crippen LogP contribution in [0.15, 0.2) is 12.1 Å². The molecular weight excluding hydrogens is 246 g/mol. The third-order valence-corrected chi connectivity index (χ3v) is 3.01. The van der Waals surface area contributed by atoms with E-state index >= 15 is 0 Å². The smallest absolute Gasteiger partial charge is 0.214 e. The molecule has 1 atom stereocenters. The van der Waals surface area contributed by atoms with E-state index in [0.717, 1.165) is 30.5 Å². The summed E-state index contributed by atoms with van der Waals surface area (Å²) < 4.78 is 5.88. The number of hydrogen-bond donors (Lipinski definition) is 0. The Morgan fingerprint density at radius 2 is 2.00 bits per heavy atom. The number of aromatic nitrogens is 1. The van der Waals surface area contributed by atoms with Crippen LogP contribution in [-0.2, 0) is 12.3 Å².